The Bertz CT molecular complexity index is 883. The van der Waals surface area contributed by atoms with Crippen molar-refractivity contribution < 1.29 is 19.1 Å². The summed E-state index contributed by atoms with van der Waals surface area (Å²) in [5, 5.41) is 2.97. The molecular weight excluding hydrogens is 416 g/mol. The zero-order chi connectivity index (χ0) is 23.7. The highest BCUT2D eigenvalue weighted by Crippen LogP contribution is 2.24. The lowest BCUT2D eigenvalue weighted by Crippen LogP contribution is -2.43. The van der Waals surface area contributed by atoms with Gasteiger partial charge < -0.3 is 19.7 Å². The summed E-state index contributed by atoms with van der Waals surface area (Å²) in [6.07, 6.45) is 1.72. The second kappa shape index (κ2) is 11.7. The van der Waals surface area contributed by atoms with Gasteiger partial charge in [0.05, 0.1) is 19.6 Å². The molecule has 0 radical (unpaired) electrons. The third-order valence-corrected chi connectivity index (χ3v) is 5.94. The molecule has 0 spiro atoms. The van der Waals surface area contributed by atoms with Crippen LogP contribution in [-0.2, 0) is 15.0 Å². The number of hydrogen-bond acceptors (Lipinski definition) is 4. The number of benzene rings is 2. The third kappa shape index (κ3) is 7.81. The number of piperidine rings is 1. The molecule has 2 aromatic rings. The second-order valence-corrected chi connectivity index (χ2v) is 9.48. The molecule has 0 atom stereocenters. The van der Waals surface area contributed by atoms with E-state index >= 15 is 0 Å². The molecule has 6 nitrogen and oxygen atoms in total. The van der Waals surface area contributed by atoms with Crippen molar-refractivity contribution >= 4 is 11.8 Å². The quantitative estimate of drug-likeness (QED) is 0.580. The van der Waals surface area contributed by atoms with Gasteiger partial charge in [0, 0.05) is 19.0 Å². The van der Waals surface area contributed by atoms with Gasteiger partial charge in [-0.15, -0.1) is 0 Å². The molecule has 1 N–H and O–H groups in total. The van der Waals surface area contributed by atoms with Crippen molar-refractivity contribution in [3.8, 4) is 11.5 Å². The molecule has 33 heavy (non-hydrogen) atoms. The van der Waals surface area contributed by atoms with E-state index < -0.39 is 0 Å². The monoisotopic (exact) mass is 452 g/mol. The fraction of sp³-hybridized carbons (Fsp3) is 0.481. The number of carbonyl (C=O) groups is 2. The standard InChI is InChI=1S/C27H36N2O4/c1-27(2,3)22-9-11-24(12-10-22)33-20-16-28-26(31)21-13-17-29(18-14-21)25(30)15-19-32-23-7-5-4-6-8-23/h4-12,21H,13-20H2,1-3H3,(H,28,31). The predicted molar refractivity (Wildman–Crippen MR) is 130 cm³/mol. The number of amides is 2. The Morgan fingerprint density at radius 1 is 0.909 bits per heavy atom. The number of carbonyl (C=O) groups excluding carboxylic acids is 2. The third-order valence-electron chi connectivity index (χ3n) is 5.94. The second-order valence-electron chi connectivity index (χ2n) is 9.48. The molecule has 0 saturated carbocycles. The lowest BCUT2D eigenvalue weighted by molar-refractivity contribution is -0.136. The Morgan fingerprint density at radius 3 is 2.15 bits per heavy atom. The van der Waals surface area contributed by atoms with Crippen LogP contribution in [0.1, 0.15) is 45.6 Å². The molecule has 0 aromatic heterocycles. The van der Waals surface area contributed by atoms with Crippen LogP contribution >= 0.6 is 0 Å². The zero-order valence-corrected chi connectivity index (χ0v) is 20.0. The van der Waals surface area contributed by atoms with Gasteiger partial charge in [-0.1, -0.05) is 51.1 Å². The SMILES string of the molecule is CC(C)(C)c1ccc(OCCNC(=O)C2CCN(C(=O)CCOc3ccccc3)CC2)cc1. The van der Waals surface area contributed by atoms with Crippen molar-refractivity contribution in [2.45, 2.75) is 45.4 Å². The molecule has 0 aliphatic carbocycles. The number of nitrogens with one attached hydrogen (secondary N) is 1. The van der Waals surface area contributed by atoms with Gasteiger partial charge in [-0.25, -0.2) is 0 Å². The Balaban J connectivity index is 1.29. The van der Waals surface area contributed by atoms with Crippen LogP contribution in [0.2, 0.25) is 0 Å². The van der Waals surface area contributed by atoms with Crippen molar-refractivity contribution in [1.82, 2.24) is 10.2 Å². The Hall–Kier alpha value is -3.02. The predicted octanol–water partition coefficient (Wildman–Crippen LogP) is 4.19. The van der Waals surface area contributed by atoms with Crippen molar-refractivity contribution in [3.63, 3.8) is 0 Å². The first-order valence-corrected chi connectivity index (χ1v) is 11.8. The van der Waals surface area contributed by atoms with Gasteiger partial charge in [0.1, 0.15) is 18.1 Å². The van der Waals surface area contributed by atoms with E-state index in [9.17, 15) is 9.59 Å². The molecule has 0 unspecified atom stereocenters. The average molecular weight is 453 g/mol. The molecule has 1 saturated heterocycles. The minimum absolute atomic E-state index is 0.0428. The minimum Gasteiger partial charge on any atom is -0.493 e. The summed E-state index contributed by atoms with van der Waals surface area (Å²) in [5.74, 6) is 1.64. The van der Waals surface area contributed by atoms with Crippen molar-refractivity contribution in [2.24, 2.45) is 5.92 Å². The van der Waals surface area contributed by atoms with Gasteiger partial charge >= 0.3 is 0 Å². The van der Waals surface area contributed by atoms with Crippen LogP contribution in [0.5, 0.6) is 11.5 Å². The van der Waals surface area contributed by atoms with E-state index in [2.05, 4.69) is 38.2 Å². The number of rotatable bonds is 9. The van der Waals surface area contributed by atoms with Crippen LogP contribution in [0.3, 0.4) is 0 Å². The van der Waals surface area contributed by atoms with Crippen LogP contribution in [-0.4, -0.2) is 49.6 Å². The molecule has 178 valence electrons. The molecule has 1 aliphatic heterocycles. The van der Waals surface area contributed by atoms with Gasteiger partial charge in [-0.2, -0.15) is 0 Å². The van der Waals surface area contributed by atoms with E-state index in [1.165, 1.54) is 5.56 Å². The van der Waals surface area contributed by atoms with Gasteiger partial charge in [-0.05, 0) is 48.1 Å². The Morgan fingerprint density at radius 2 is 1.52 bits per heavy atom. The summed E-state index contributed by atoms with van der Waals surface area (Å²) in [7, 11) is 0. The summed E-state index contributed by atoms with van der Waals surface area (Å²) in [4.78, 5) is 26.7. The molecule has 6 heteroatoms. The van der Waals surface area contributed by atoms with Crippen molar-refractivity contribution in [3.05, 3.63) is 60.2 Å². The number of para-hydroxylation sites is 1. The molecular formula is C27H36N2O4. The summed E-state index contributed by atoms with van der Waals surface area (Å²) >= 11 is 0. The van der Waals surface area contributed by atoms with E-state index in [1.807, 2.05) is 47.4 Å². The van der Waals surface area contributed by atoms with Gasteiger partial charge in [0.25, 0.3) is 0 Å². The lowest BCUT2D eigenvalue weighted by Gasteiger charge is -2.31. The number of hydrogen-bond donors (Lipinski definition) is 1. The maximum atomic E-state index is 12.5. The van der Waals surface area contributed by atoms with Gasteiger partial charge in [0.15, 0.2) is 0 Å². The van der Waals surface area contributed by atoms with E-state index in [4.69, 9.17) is 9.47 Å². The first-order chi connectivity index (χ1) is 15.8. The maximum Gasteiger partial charge on any atom is 0.225 e. The van der Waals surface area contributed by atoms with Crippen LogP contribution in [0, 0.1) is 5.92 Å². The number of likely N-dealkylation sites (tertiary alicyclic amines) is 1. The number of ether oxygens (including phenoxy) is 2. The Kier molecular flexibility index (Phi) is 8.75. The molecule has 1 fully saturated rings. The fourth-order valence-electron chi connectivity index (χ4n) is 3.86. The molecule has 3 rings (SSSR count). The molecule has 1 heterocycles. The fourth-order valence-corrected chi connectivity index (χ4v) is 3.86. The van der Waals surface area contributed by atoms with Gasteiger partial charge in [-0.3, -0.25) is 9.59 Å². The van der Waals surface area contributed by atoms with Crippen LogP contribution < -0.4 is 14.8 Å². The lowest BCUT2D eigenvalue weighted by atomic mass is 9.87. The summed E-state index contributed by atoms with van der Waals surface area (Å²) in [6.45, 7) is 9.02. The van der Waals surface area contributed by atoms with Crippen LogP contribution in [0.4, 0.5) is 0 Å². The highest BCUT2D eigenvalue weighted by molar-refractivity contribution is 5.80. The van der Waals surface area contributed by atoms with Crippen molar-refractivity contribution in [2.75, 3.05) is 32.8 Å². The van der Waals surface area contributed by atoms with E-state index in [0.29, 0.717) is 52.1 Å². The highest BCUT2D eigenvalue weighted by Gasteiger charge is 2.27. The van der Waals surface area contributed by atoms with Crippen LogP contribution in [0.15, 0.2) is 54.6 Å². The maximum absolute atomic E-state index is 12.5. The minimum atomic E-state index is -0.0549. The van der Waals surface area contributed by atoms with E-state index in [1.54, 1.807) is 0 Å². The molecule has 2 amide bonds. The van der Waals surface area contributed by atoms with E-state index in [-0.39, 0.29) is 23.1 Å². The normalized spacial score (nSPS) is 14.6. The smallest absolute Gasteiger partial charge is 0.225 e. The molecule has 1 aliphatic rings. The van der Waals surface area contributed by atoms with Crippen LogP contribution in [0.25, 0.3) is 0 Å². The summed E-state index contributed by atoms with van der Waals surface area (Å²) in [5.41, 5.74) is 1.37. The van der Waals surface area contributed by atoms with Gasteiger partial charge in [0.2, 0.25) is 11.8 Å². The zero-order valence-electron chi connectivity index (χ0n) is 20.0. The van der Waals surface area contributed by atoms with E-state index in [0.717, 1.165) is 11.5 Å². The molecule has 2 aromatic carbocycles. The largest absolute Gasteiger partial charge is 0.493 e. The first-order valence-electron chi connectivity index (χ1n) is 11.8. The summed E-state index contributed by atoms with van der Waals surface area (Å²) < 4.78 is 11.4. The number of nitrogens with zero attached hydrogens (tertiary/aromatic N) is 1. The van der Waals surface area contributed by atoms with Crippen molar-refractivity contribution in [1.29, 1.82) is 0 Å². The average Bonchev–Trinajstić information content (AvgIpc) is 2.82. The highest BCUT2D eigenvalue weighted by atomic mass is 16.5. The topological polar surface area (TPSA) is 67.9 Å². The first kappa shape index (κ1) is 24.6. The Labute approximate surface area is 197 Å². The molecule has 0 bridgehead atoms. The summed E-state index contributed by atoms with van der Waals surface area (Å²) in [6, 6.07) is 17.6.